The topological polar surface area (TPSA) is 76.7 Å². The van der Waals surface area contributed by atoms with E-state index in [1.807, 2.05) is 6.92 Å². The molecular weight excluding hydrogens is 388 g/mol. The van der Waals surface area contributed by atoms with Gasteiger partial charge in [-0.25, -0.2) is 0 Å². The van der Waals surface area contributed by atoms with Gasteiger partial charge >= 0.3 is 0 Å². The van der Waals surface area contributed by atoms with Crippen molar-refractivity contribution in [2.45, 2.75) is 6.92 Å². The maximum Gasteiger partial charge on any atom is 0.251 e. The van der Waals surface area contributed by atoms with Crippen molar-refractivity contribution in [3.05, 3.63) is 52.5 Å². The zero-order valence-corrected chi connectivity index (χ0v) is 15.6. The van der Waals surface area contributed by atoms with E-state index in [4.69, 9.17) is 9.47 Å². The Labute approximate surface area is 154 Å². The highest BCUT2D eigenvalue weighted by Gasteiger charge is 2.10. The standard InChI is InChI=1S/C18H19BrN2O4/c1-3-25-15-9-8-14(10-16(15)24-2)21-17(22)11-20-18(23)12-4-6-13(19)7-5-12/h4-10H,3,11H2,1-2H3,(H,20,23)(H,21,22). The third kappa shape index (κ3) is 5.49. The molecule has 0 aliphatic carbocycles. The summed E-state index contributed by atoms with van der Waals surface area (Å²) in [7, 11) is 1.53. The van der Waals surface area contributed by atoms with E-state index in [9.17, 15) is 9.59 Å². The quantitative estimate of drug-likeness (QED) is 0.739. The Balaban J connectivity index is 1.91. The van der Waals surface area contributed by atoms with Gasteiger partial charge in [-0.1, -0.05) is 15.9 Å². The molecule has 2 rings (SSSR count). The maximum atomic E-state index is 12.0. The molecule has 0 aliphatic heterocycles. The van der Waals surface area contributed by atoms with Crippen LogP contribution in [-0.4, -0.2) is 32.1 Å². The molecule has 0 atom stereocenters. The number of amides is 2. The van der Waals surface area contributed by atoms with Crippen LogP contribution in [0.4, 0.5) is 5.69 Å². The molecule has 2 N–H and O–H groups in total. The minimum absolute atomic E-state index is 0.134. The summed E-state index contributed by atoms with van der Waals surface area (Å²) >= 11 is 3.31. The first kappa shape index (κ1) is 18.8. The number of rotatable bonds is 7. The van der Waals surface area contributed by atoms with Crippen LogP contribution < -0.4 is 20.1 Å². The van der Waals surface area contributed by atoms with E-state index in [2.05, 4.69) is 26.6 Å². The Bertz CT molecular complexity index is 747. The van der Waals surface area contributed by atoms with Gasteiger partial charge in [0.2, 0.25) is 5.91 Å². The second-order valence-electron chi connectivity index (χ2n) is 5.04. The number of methoxy groups -OCH3 is 1. The molecule has 6 nitrogen and oxygen atoms in total. The second-order valence-corrected chi connectivity index (χ2v) is 5.95. The highest BCUT2D eigenvalue weighted by Crippen LogP contribution is 2.30. The van der Waals surface area contributed by atoms with Crippen molar-refractivity contribution >= 4 is 33.4 Å². The summed E-state index contributed by atoms with van der Waals surface area (Å²) in [6, 6.07) is 12.0. The Kier molecular flexibility index (Phi) is 6.82. The van der Waals surface area contributed by atoms with Crippen LogP contribution >= 0.6 is 15.9 Å². The molecule has 7 heteroatoms. The Morgan fingerprint density at radius 3 is 2.44 bits per heavy atom. The smallest absolute Gasteiger partial charge is 0.251 e. The molecule has 0 bridgehead atoms. The molecule has 2 amide bonds. The fraction of sp³-hybridized carbons (Fsp3) is 0.222. The van der Waals surface area contributed by atoms with Crippen LogP contribution in [0.5, 0.6) is 11.5 Å². The molecule has 0 fully saturated rings. The SMILES string of the molecule is CCOc1ccc(NC(=O)CNC(=O)c2ccc(Br)cc2)cc1OC. The molecule has 2 aromatic rings. The van der Waals surface area contributed by atoms with Gasteiger partial charge in [0.1, 0.15) is 0 Å². The second kappa shape index (κ2) is 9.08. The van der Waals surface area contributed by atoms with Crippen molar-refractivity contribution in [3.63, 3.8) is 0 Å². The van der Waals surface area contributed by atoms with Crippen LogP contribution in [0.1, 0.15) is 17.3 Å². The lowest BCUT2D eigenvalue weighted by Crippen LogP contribution is -2.32. The van der Waals surface area contributed by atoms with E-state index in [0.717, 1.165) is 4.47 Å². The van der Waals surface area contributed by atoms with Crippen LogP contribution in [0.25, 0.3) is 0 Å². The predicted molar refractivity (Wildman–Crippen MR) is 99.3 cm³/mol. The predicted octanol–water partition coefficient (Wildman–Crippen LogP) is 3.22. The van der Waals surface area contributed by atoms with Crippen molar-refractivity contribution in [2.24, 2.45) is 0 Å². The Morgan fingerprint density at radius 2 is 1.80 bits per heavy atom. The Hall–Kier alpha value is -2.54. The Morgan fingerprint density at radius 1 is 1.08 bits per heavy atom. The molecular formula is C18H19BrN2O4. The number of hydrogen-bond acceptors (Lipinski definition) is 4. The first-order chi connectivity index (χ1) is 12.0. The number of ether oxygens (including phenoxy) is 2. The number of carbonyl (C=O) groups excluding carboxylic acids is 2. The maximum absolute atomic E-state index is 12.0. The van der Waals surface area contributed by atoms with Crippen LogP contribution in [0.15, 0.2) is 46.9 Å². The van der Waals surface area contributed by atoms with E-state index in [1.165, 1.54) is 7.11 Å². The number of nitrogens with one attached hydrogen (secondary N) is 2. The molecule has 0 saturated heterocycles. The largest absolute Gasteiger partial charge is 0.493 e. The van der Waals surface area contributed by atoms with Crippen molar-refractivity contribution in [2.75, 3.05) is 25.6 Å². The van der Waals surface area contributed by atoms with Gasteiger partial charge in [-0.05, 0) is 43.3 Å². The van der Waals surface area contributed by atoms with E-state index in [-0.39, 0.29) is 18.4 Å². The monoisotopic (exact) mass is 406 g/mol. The van der Waals surface area contributed by atoms with Crippen LogP contribution in [-0.2, 0) is 4.79 Å². The molecule has 0 spiro atoms. The minimum Gasteiger partial charge on any atom is -0.493 e. The first-order valence-electron chi connectivity index (χ1n) is 7.68. The van der Waals surface area contributed by atoms with Crippen LogP contribution in [0.3, 0.4) is 0 Å². The van der Waals surface area contributed by atoms with Gasteiger partial charge in [-0.15, -0.1) is 0 Å². The first-order valence-corrected chi connectivity index (χ1v) is 8.47. The molecule has 132 valence electrons. The molecule has 0 unspecified atom stereocenters. The molecule has 0 radical (unpaired) electrons. The highest BCUT2D eigenvalue weighted by atomic mass is 79.9. The van der Waals surface area contributed by atoms with Gasteiger partial charge in [0.15, 0.2) is 11.5 Å². The minimum atomic E-state index is -0.336. The third-order valence-electron chi connectivity index (χ3n) is 3.26. The number of carbonyl (C=O) groups is 2. The van der Waals surface area contributed by atoms with Gasteiger partial charge < -0.3 is 20.1 Å². The van der Waals surface area contributed by atoms with Gasteiger partial charge in [0, 0.05) is 21.8 Å². The van der Waals surface area contributed by atoms with Gasteiger partial charge in [-0.2, -0.15) is 0 Å². The number of hydrogen-bond donors (Lipinski definition) is 2. The van der Waals surface area contributed by atoms with E-state index in [0.29, 0.717) is 29.4 Å². The molecule has 0 saturated carbocycles. The fourth-order valence-corrected chi connectivity index (χ4v) is 2.35. The normalized spacial score (nSPS) is 10.0. The summed E-state index contributed by atoms with van der Waals surface area (Å²) in [5.41, 5.74) is 1.04. The van der Waals surface area contributed by atoms with Crippen LogP contribution in [0, 0.1) is 0 Å². The summed E-state index contributed by atoms with van der Waals surface area (Å²) in [6.07, 6.45) is 0. The van der Waals surface area contributed by atoms with E-state index in [1.54, 1.807) is 42.5 Å². The molecule has 0 aliphatic rings. The zero-order chi connectivity index (χ0) is 18.2. The highest BCUT2D eigenvalue weighted by molar-refractivity contribution is 9.10. The van der Waals surface area contributed by atoms with Gasteiger partial charge in [0.05, 0.1) is 20.3 Å². The summed E-state index contributed by atoms with van der Waals surface area (Å²) in [5, 5.41) is 5.28. The molecule has 0 heterocycles. The van der Waals surface area contributed by atoms with Crippen molar-refractivity contribution < 1.29 is 19.1 Å². The average molecular weight is 407 g/mol. The van der Waals surface area contributed by atoms with Gasteiger partial charge in [-0.3, -0.25) is 9.59 Å². The van der Waals surface area contributed by atoms with E-state index < -0.39 is 0 Å². The van der Waals surface area contributed by atoms with Crippen molar-refractivity contribution in [1.82, 2.24) is 5.32 Å². The summed E-state index contributed by atoms with van der Waals surface area (Å²) < 4.78 is 11.5. The summed E-state index contributed by atoms with van der Waals surface area (Å²) in [4.78, 5) is 24.0. The number of halogens is 1. The number of anilines is 1. The van der Waals surface area contributed by atoms with Gasteiger partial charge in [0.25, 0.3) is 5.91 Å². The summed E-state index contributed by atoms with van der Waals surface area (Å²) in [6.45, 7) is 2.26. The average Bonchev–Trinajstić information content (AvgIpc) is 2.61. The molecule has 0 aromatic heterocycles. The van der Waals surface area contributed by atoms with Crippen molar-refractivity contribution in [1.29, 1.82) is 0 Å². The van der Waals surface area contributed by atoms with Crippen LogP contribution in [0.2, 0.25) is 0 Å². The van der Waals surface area contributed by atoms with E-state index >= 15 is 0 Å². The molecule has 2 aromatic carbocycles. The number of benzene rings is 2. The molecule has 25 heavy (non-hydrogen) atoms. The third-order valence-corrected chi connectivity index (χ3v) is 3.79. The lowest BCUT2D eigenvalue weighted by molar-refractivity contribution is -0.115. The fourth-order valence-electron chi connectivity index (χ4n) is 2.09. The zero-order valence-electron chi connectivity index (χ0n) is 14.0. The lowest BCUT2D eigenvalue weighted by Gasteiger charge is -2.12. The lowest BCUT2D eigenvalue weighted by atomic mass is 10.2. The summed E-state index contributed by atoms with van der Waals surface area (Å²) in [5.74, 6) is 0.480. The van der Waals surface area contributed by atoms with Crippen molar-refractivity contribution in [3.8, 4) is 11.5 Å².